The summed E-state index contributed by atoms with van der Waals surface area (Å²) in [6.07, 6.45) is 27.4. The zero-order valence-electron chi connectivity index (χ0n) is 21.6. The number of rotatable bonds is 3. The van der Waals surface area contributed by atoms with Crippen LogP contribution in [0.1, 0.15) is 103 Å². The van der Waals surface area contributed by atoms with E-state index in [1.165, 1.54) is 122 Å². The second-order valence-electron chi connectivity index (χ2n) is 12.9. The van der Waals surface area contributed by atoms with E-state index in [1.807, 2.05) is 0 Å². The van der Waals surface area contributed by atoms with Gasteiger partial charge in [-0.25, -0.2) is 0 Å². The summed E-state index contributed by atoms with van der Waals surface area (Å²) in [5.74, 6) is 2.73. The van der Waals surface area contributed by atoms with Crippen molar-refractivity contribution in [3.05, 3.63) is 12.2 Å². The summed E-state index contributed by atoms with van der Waals surface area (Å²) in [6.45, 7) is 7.91. The predicted octanol–water partition coefficient (Wildman–Crippen LogP) is 6.09. The van der Waals surface area contributed by atoms with E-state index in [9.17, 15) is 0 Å². The molecule has 0 aromatic carbocycles. The molecule has 6 rings (SSSR count). The van der Waals surface area contributed by atoms with Gasteiger partial charge in [0.25, 0.3) is 0 Å². The summed E-state index contributed by atoms with van der Waals surface area (Å²) in [6, 6.07) is 4.25. The normalized spacial score (nSPS) is 45.6. The fourth-order valence-electron chi connectivity index (χ4n) is 9.49. The van der Waals surface area contributed by atoms with E-state index in [0.717, 1.165) is 48.0 Å². The molecule has 0 amide bonds. The third kappa shape index (κ3) is 4.73. The Morgan fingerprint density at radius 3 is 2.42 bits per heavy atom. The monoisotopic (exact) mass is 453 g/mol. The first-order chi connectivity index (χ1) is 16.3. The SMILES string of the molecule is CC1CCCC2C(C3CCCC4C(CC5CCC6CCCCN6C5)CCCCN43)C=CCN12. The molecular formula is C30H51N3. The Labute approximate surface area is 204 Å². The maximum Gasteiger partial charge on any atom is 0.0179 e. The van der Waals surface area contributed by atoms with Crippen molar-refractivity contribution < 1.29 is 0 Å². The Balaban J connectivity index is 1.16. The molecule has 6 aliphatic heterocycles. The van der Waals surface area contributed by atoms with Crippen LogP contribution in [-0.2, 0) is 0 Å². The van der Waals surface area contributed by atoms with Gasteiger partial charge in [-0.15, -0.1) is 0 Å². The molecular weight excluding hydrogens is 402 g/mol. The van der Waals surface area contributed by atoms with E-state index < -0.39 is 0 Å². The molecule has 33 heavy (non-hydrogen) atoms. The van der Waals surface area contributed by atoms with Gasteiger partial charge in [0.1, 0.15) is 0 Å². The Bertz CT molecular complexity index is 675. The molecule has 0 bridgehead atoms. The minimum Gasteiger partial charge on any atom is -0.300 e. The van der Waals surface area contributed by atoms with Crippen molar-refractivity contribution in [2.24, 2.45) is 17.8 Å². The summed E-state index contributed by atoms with van der Waals surface area (Å²) < 4.78 is 0. The molecule has 0 N–H and O–H groups in total. The highest BCUT2D eigenvalue weighted by molar-refractivity contribution is 5.10. The van der Waals surface area contributed by atoms with E-state index in [0.29, 0.717) is 0 Å². The lowest BCUT2D eigenvalue weighted by Gasteiger charge is -2.53. The van der Waals surface area contributed by atoms with Crippen molar-refractivity contribution in [3.8, 4) is 0 Å². The van der Waals surface area contributed by atoms with Gasteiger partial charge in [-0.1, -0.05) is 37.8 Å². The van der Waals surface area contributed by atoms with Crippen molar-refractivity contribution in [3.63, 3.8) is 0 Å². The average Bonchev–Trinajstić information content (AvgIpc) is 3.06. The van der Waals surface area contributed by atoms with Crippen LogP contribution < -0.4 is 0 Å². The molecule has 0 aromatic rings. The standard InChI is InChI=1S/C30H51N3/c1-23-9-6-14-29-27(12-8-20-32(23)29)30-15-7-13-28-25(10-2-5-19-33(28)30)21-24-16-17-26-11-3-4-18-31(26)22-24/h8,12,23-30H,2-7,9-11,13-22H2,1H3. The van der Waals surface area contributed by atoms with Crippen LogP contribution in [0.2, 0.25) is 0 Å². The van der Waals surface area contributed by atoms with Gasteiger partial charge in [-0.05, 0) is 102 Å². The highest BCUT2D eigenvalue weighted by Gasteiger charge is 2.45. The zero-order chi connectivity index (χ0) is 22.2. The van der Waals surface area contributed by atoms with Gasteiger partial charge < -0.3 is 4.90 Å². The highest BCUT2D eigenvalue weighted by Crippen LogP contribution is 2.43. The van der Waals surface area contributed by atoms with Gasteiger partial charge in [0, 0.05) is 49.2 Å². The number of hydrogen-bond donors (Lipinski definition) is 0. The van der Waals surface area contributed by atoms with Crippen LogP contribution in [0.3, 0.4) is 0 Å². The van der Waals surface area contributed by atoms with Crippen LogP contribution >= 0.6 is 0 Å². The average molecular weight is 454 g/mol. The molecule has 8 unspecified atom stereocenters. The van der Waals surface area contributed by atoms with Crippen LogP contribution in [0.5, 0.6) is 0 Å². The maximum absolute atomic E-state index is 3.12. The molecule has 0 radical (unpaired) electrons. The summed E-state index contributed by atoms with van der Waals surface area (Å²) in [5, 5.41) is 0. The maximum atomic E-state index is 3.12. The molecule has 0 aromatic heterocycles. The first-order valence-electron chi connectivity index (χ1n) is 15.2. The van der Waals surface area contributed by atoms with Crippen molar-refractivity contribution in [2.75, 3.05) is 26.2 Å². The predicted molar refractivity (Wildman–Crippen MR) is 138 cm³/mol. The summed E-state index contributed by atoms with van der Waals surface area (Å²) in [4.78, 5) is 8.90. The first-order valence-corrected chi connectivity index (χ1v) is 15.2. The van der Waals surface area contributed by atoms with Gasteiger partial charge in [0.15, 0.2) is 0 Å². The smallest absolute Gasteiger partial charge is 0.0179 e. The molecule has 3 heteroatoms. The number of nitrogens with zero attached hydrogens (tertiary/aromatic N) is 3. The number of piperidine rings is 4. The number of fused-ring (bicyclic) bond motifs is 3. The van der Waals surface area contributed by atoms with E-state index in [-0.39, 0.29) is 0 Å². The van der Waals surface area contributed by atoms with Crippen LogP contribution in [0, 0.1) is 17.8 Å². The molecule has 5 fully saturated rings. The second kappa shape index (κ2) is 10.3. The quantitative estimate of drug-likeness (QED) is 0.479. The van der Waals surface area contributed by atoms with E-state index >= 15 is 0 Å². The summed E-state index contributed by atoms with van der Waals surface area (Å²) in [7, 11) is 0. The molecule has 0 spiro atoms. The van der Waals surface area contributed by atoms with Crippen molar-refractivity contribution in [2.45, 2.75) is 133 Å². The van der Waals surface area contributed by atoms with Gasteiger partial charge in [0.2, 0.25) is 0 Å². The molecule has 3 nitrogen and oxygen atoms in total. The first kappa shape index (κ1) is 23.0. The fraction of sp³-hybridized carbons (Fsp3) is 0.933. The fourth-order valence-corrected chi connectivity index (χ4v) is 9.49. The van der Waals surface area contributed by atoms with Crippen LogP contribution in [0.4, 0.5) is 0 Å². The van der Waals surface area contributed by atoms with Gasteiger partial charge in [-0.3, -0.25) is 9.80 Å². The Kier molecular flexibility index (Phi) is 7.20. The van der Waals surface area contributed by atoms with Crippen molar-refractivity contribution in [1.82, 2.24) is 14.7 Å². The lowest BCUT2D eigenvalue weighted by molar-refractivity contribution is -0.0181. The van der Waals surface area contributed by atoms with E-state index in [2.05, 4.69) is 33.8 Å². The number of hydrogen-bond acceptors (Lipinski definition) is 3. The highest BCUT2D eigenvalue weighted by atomic mass is 15.2. The molecule has 0 saturated carbocycles. The minimum absolute atomic E-state index is 0.784. The molecule has 0 aliphatic carbocycles. The second-order valence-corrected chi connectivity index (χ2v) is 12.9. The Morgan fingerprint density at radius 2 is 1.48 bits per heavy atom. The van der Waals surface area contributed by atoms with E-state index in [1.54, 1.807) is 0 Å². The third-order valence-electron chi connectivity index (χ3n) is 11.1. The zero-order valence-corrected chi connectivity index (χ0v) is 21.6. The lowest BCUT2D eigenvalue weighted by atomic mass is 9.73. The van der Waals surface area contributed by atoms with Crippen molar-refractivity contribution in [1.29, 1.82) is 0 Å². The molecule has 6 heterocycles. The van der Waals surface area contributed by atoms with Gasteiger partial charge in [-0.2, -0.15) is 0 Å². The van der Waals surface area contributed by atoms with Crippen LogP contribution in [0.15, 0.2) is 12.2 Å². The summed E-state index contributed by atoms with van der Waals surface area (Å²) >= 11 is 0. The van der Waals surface area contributed by atoms with Crippen LogP contribution in [-0.4, -0.2) is 71.1 Å². The lowest BCUT2D eigenvalue weighted by Crippen LogP contribution is -2.59. The van der Waals surface area contributed by atoms with Crippen LogP contribution in [0.25, 0.3) is 0 Å². The Hall–Kier alpha value is -0.380. The topological polar surface area (TPSA) is 9.72 Å². The third-order valence-corrected chi connectivity index (χ3v) is 11.1. The minimum atomic E-state index is 0.784. The van der Waals surface area contributed by atoms with Gasteiger partial charge >= 0.3 is 0 Å². The van der Waals surface area contributed by atoms with Crippen molar-refractivity contribution >= 4 is 0 Å². The largest absolute Gasteiger partial charge is 0.300 e. The van der Waals surface area contributed by atoms with Gasteiger partial charge in [0.05, 0.1) is 0 Å². The molecule has 6 aliphatic rings. The Morgan fingerprint density at radius 1 is 0.697 bits per heavy atom. The van der Waals surface area contributed by atoms with E-state index in [4.69, 9.17) is 0 Å². The molecule has 8 atom stereocenters. The summed E-state index contributed by atoms with van der Waals surface area (Å²) in [5.41, 5.74) is 0. The molecule has 186 valence electrons. The molecule has 5 saturated heterocycles.